The summed E-state index contributed by atoms with van der Waals surface area (Å²) in [6.07, 6.45) is 5.06. The fraction of sp³-hybridized carbons (Fsp3) is 0.500. The molecule has 2 aromatic heterocycles. The molecule has 6 nitrogen and oxygen atoms in total. The minimum atomic E-state index is -0.129. The van der Waals surface area contributed by atoms with E-state index in [0.29, 0.717) is 17.0 Å². The van der Waals surface area contributed by atoms with Crippen molar-refractivity contribution in [3.63, 3.8) is 0 Å². The average molecular weight is 219 g/mol. The first kappa shape index (κ1) is 9.38. The summed E-state index contributed by atoms with van der Waals surface area (Å²) in [4.78, 5) is 21.0. The zero-order valence-electron chi connectivity index (χ0n) is 8.86. The summed E-state index contributed by atoms with van der Waals surface area (Å²) in [5.41, 5.74) is 1.17. The van der Waals surface area contributed by atoms with Gasteiger partial charge in [-0.3, -0.25) is 9.89 Å². The molecule has 0 aliphatic carbocycles. The van der Waals surface area contributed by atoms with Crippen LogP contribution in [0, 0.1) is 0 Å². The number of aromatic amines is 2. The Bertz CT molecular complexity index is 552. The van der Waals surface area contributed by atoms with E-state index in [2.05, 4.69) is 20.2 Å². The van der Waals surface area contributed by atoms with Crippen LogP contribution < -0.4 is 10.5 Å². The van der Waals surface area contributed by atoms with Gasteiger partial charge in [0, 0.05) is 13.1 Å². The van der Waals surface area contributed by atoms with Gasteiger partial charge in [-0.2, -0.15) is 5.10 Å². The molecule has 2 N–H and O–H groups in total. The van der Waals surface area contributed by atoms with Crippen molar-refractivity contribution in [2.45, 2.75) is 19.3 Å². The molecule has 16 heavy (non-hydrogen) atoms. The van der Waals surface area contributed by atoms with E-state index in [1.54, 1.807) is 6.20 Å². The topological polar surface area (TPSA) is 77.7 Å². The molecule has 0 saturated carbocycles. The lowest BCUT2D eigenvalue weighted by atomic mass is 10.1. The quantitative estimate of drug-likeness (QED) is 0.737. The summed E-state index contributed by atoms with van der Waals surface area (Å²) in [7, 11) is 0. The Morgan fingerprint density at radius 1 is 1.25 bits per heavy atom. The van der Waals surface area contributed by atoms with Crippen molar-refractivity contribution >= 4 is 17.0 Å². The molecule has 1 fully saturated rings. The Morgan fingerprint density at radius 3 is 2.88 bits per heavy atom. The smallest absolute Gasteiger partial charge is 0.291 e. The number of H-pyrrole nitrogens is 2. The van der Waals surface area contributed by atoms with Crippen LogP contribution in [-0.2, 0) is 0 Å². The molecule has 1 aliphatic heterocycles. The van der Waals surface area contributed by atoms with Gasteiger partial charge >= 0.3 is 0 Å². The van der Waals surface area contributed by atoms with Crippen molar-refractivity contribution in [3.05, 3.63) is 16.6 Å². The standard InChI is InChI=1S/C10H13N5O/c16-10-9(15-4-2-1-3-5-15)13-8-7(12-10)6-11-14-8/h6H,1-5H2,(H,12,16)(H,11,13,14). The molecule has 3 heterocycles. The van der Waals surface area contributed by atoms with Crippen molar-refractivity contribution in [1.82, 2.24) is 20.2 Å². The van der Waals surface area contributed by atoms with E-state index in [9.17, 15) is 4.79 Å². The van der Waals surface area contributed by atoms with Crippen molar-refractivity contribution in [2.75, 3.05) is 18.0 Å². The van der Waals surface area contributed by atoms with E-state index in [0.717, 1.165) is 25.9 Å². The van der Waals surface area contributed by atoms with Gasteiger partial charge in [0.15, 0.2) is 11.5 Å². The fourth-order valence-corrected chi connectivity index (χ4v) is 2.11. The third-order valence-electron chi connectivity index (χ3n) is 2.94. The van der Waals surface area contributed by atoms with Crippen molar-refractivity contribution in [1.29, 1.82) is 0 Å². The second kappa shape index (κ2) is 3.62. The first-order valence-electron chi connectivity index (χ1n) is 5.53. The van der Waals surface area contributed by atoms with Gasteiger partial charge in [0.25, 0.3) is 5.56 Å². The maximum atomic E-state index is 11.8. The lowest BCUT2D eigenvalue weighted by molar-refractivity contribution is 0.572. The van der Waals surface area contributed by atoms with Crippen molar-refractivity contribution < 1.29 is 0 Å². The van der Waals surface area contributed by atoms with Crippen LogP contribution in [0.5, 0.6) is 0 Å². The number of hydrogen-bond acceptors (Lipinski definition) is 4. The summed E-state index contributed by atoms with van der Waals surface area (Å²) in [5, 5.41) is 6.62. The molecule has 0 spiro atoms. The predicted molar refractivity (Wildman–Crippen MR) is 60.6 cm³/mol. The highest BCUT2D eigenvalue weighted by Crippen LogP contribution is 2.15. The Balaban J connectivity index is 2.07. The van der Waals surface area contributed by atoms with E-state index < -0.39 is 0 Å². The minimum Gasteiger partial charge on any atom is -0.352 e. The molecule has 1 saturated heterocycles. The van der Waals surface area contributed by atoms with Crippen LogP contribution in [0.15, 0.2) is 11.0 Å². The van der Waals surface area contributed by atoms with Crippen molar-refractivity contribution in [2.24, 2.45) is 0 Å². The van der Waals surface area contributed by atoms with E-state index in [-0.39, 0.29) is 5.56 Å². The number of nitrogens with one attached hydrogen (secondary N) is 2. The number of fused-ring (bicyclic) bond motifs is 1. The van der Waals surface area contributed by atoms with E-state index >= 15 is 0 Å². The fourth-order valence-electron chi connectivity index (χ4n) is 2.11. The largest absolute Gasteiger partial charge is 0.352 e. The Kier molecular flexibility index (Phi) is 2.12. The number of nitrogens with zero attached hydrogens (tertiary/aromatic N) is 3. The van der Waals surface area contributed by atoms with Crippen LogP contribution in [0.1, 0.15) is 19.3 Å². The van der Waals surface area contributed by atoms with Crippen LogP contribution >= 0.6 is 0 Å². The van der Waals surface area contributed by atoms with Gasteiger partial charge in [-0.15, -0.1) is 0 Å². The highest BCUT2D eigenvalue weighted by Gasteiger charge is 2.16. The van der Waals surface area contributed by atoms with E-state index in [4.69, 9.17) is 0 Å². The van der Waals surface area contributed by atoms with Crippen LogP contribution in [0.4, 0.5) is 5.82 Å². The first-order chi connectivity index (χ1) is 7.84. The third kappa shape index (κ3) is 1.46. The highest BCUT2D eigenvalue weighted by molar-refractivity contribution is 5.70. The summed E-state index contributed by atoms with van der Waals surface area (Å²) in [6.45, 7) is 1.82. The number of anilines is 1. The molecule has 0 unspecified atom stereocenters. The van der Waals surface area contributed by atoms with Crippen molar-refractivity contribution in [3.8, 4) is 0 Å². The maximum absolute atomic E-state index is 11.8. The second-order valence-electron chi connectivity index (χ2n) is 4.07. The van der Waals surface area contributed by atoms with Gasteiger partial charge in [0.2, 0.25) is 0 Å². The molecular formula is C10H13N5O. The minimum absolute atomic E-state index is 0.129. The van der Waals surface area contributed by atoms with Crippen LogP contribution in [0.2, 0.25) is 0 Å². The van der Waals surface area contributed by atoms with Gasteiger partial charge in [-0.25, -0.2) is 4.98 Å². The number of hydrogen-bond donors (Lipinski definition) is 2. The van der Waals surface area contributed by atoms with Crippen LogP contribution in [-0.4, -0.2) is 33.3 Å². The van der Waals surface area contributed by atoms with Gasteiger partial charge in [-0.05, 0) is 19.3 Å². The highest BCUT2D eigenvalue weighted by atomic mass is 16.1. The third-order valence-corrected chi connectivity index (χ3v) is 2.94. The molecule has 0 atom stereocenters. The SMILES string of the molecule is O=c1[nH]c2cn[nH]c2nc1N1CCCCC1. The van der Waals surface area contributed by atoms with Crippen LogP contribution in [0.25, 0.3) is 11.2 Å². The molecule has 2 aromatic rings. The van der Waals surface area contributed by atoms with Crippen LogP contribution in [0.3, 0.4) is 0 Å². The van der Waals surface area contributed by atoms with Gasteiger partial charge in [-0.1, -0.05) is 0 Å². The molecule has 6 heteroatoms. The van der Waals surface area contributed by atoms with Gasteiger partial charge in [0.1, 0.15) is 5.52 Å². The Morgan fingerprint density at radius 2 is 2.06 bits per heavy atom. The molecule has 0 radical (unpaired) electrons. The summed E-state index contributed by atoms with van der Waals surface area (Å²) >= 11 is 0. The molecular weight excluding hydrogens is 206 g/mol. The average Bonchev–Trinajstić information content (AvgIpc) is 2.76. The number of piperidine rings is 1. The lowest BCUT2D eigenvalue weighted by Crippen LogP contribution is -2.34. The Hall–Kier alpha value is -1.85. The molecule has 84 valence electrons. The van der Waals surface area contributed by atoms with E-state index in [1.165, 1.54) is 6.42 Å². The molecule has 0 aromatic carbocycles. The zero-order valence-corrected chi connectivity index (χ0v) is 8.86. The summed E-state index contributed by atoms with van der Waals surface area (Å²) < 4.78 is 0. The lowest BCUT2D eigenvalue weighted by Gasteiger charge is -2.26. The summed E-state index contributed by atoms with van der Waals surface area (Å²) in [5.74, 6) is 0.511. The zero-order chi connectivity index (χ0) is 11.0. The molecule has 0 amide bonds. The predicted octanol–water partition coefficient (Wildman–Crippen LogP) is 0.636. The molecule has 0 bridgehead atoms. The van der Waals surface area contributed by atoms with Gasteiger partial charge in [0.05, 0.1) is 6.20 Å². The number of aromatic nitrogens is 4. The summed E-state index contributed by atoms with van der Waals surface area (Å²) in [6, 6.07) is 0. The first-order valence-corrected chi connectivity index (χ1v) is 5.53. The molecule has 3 rings (SSSR count). The molecule has 1 aliphatic rings. The van der Waals surface area contributed by atoms with E-state index in [1.807, 2.05) is 4.90 Å². The van der Waals surface area contributed by atoms with Gasteiger partial charge < -0.3 is 9.88 Å². The second-order valence-corrected chi connectivity index (χ2v) is 4.07. The normalized spacial score (nSPS) is 16.9. The number of rotatable bonds is 1. The monoisotopic (exact) mass is 219 g/mol. The Labute approximate surface area is 91.7 Å². The maximum Gasteiger partial charge on any atom is 0.291 e.